The zero-order valence-electron chi connectivity index (χ0n) is 10.7. The van der Waals surface area contributed by atoms with Gasteiger partial charge in [0.15, 0.2) is 5.17 Å². The standard InChI is InChI=1S/C12H24N2S/c1-6-11(4,7-2)13-10-14-12(5,8-3)9-15-10/h6-9H2,1-5H3,(H,13,14). The maximum absolute atomic E-state index is 4.79. The Kier molecular flexibility index (Phi) is 4.10. The molecular formula is C12H24N2S. The number of rotatable bonds is 4. The van der Waals surface area contributed by atoms with E-state index in [2.05, 4.69) is 39.9 Å². The van der Waals surface area contributed by atoms with Crippen LogP contribution >= 0.6 is 11.8 Å². The molecule has 0 aromatic rings. The Morgan fingerprint density at radius 2 is 2.00 bits per heavy atom. The first-order valence-electron chi connectivity index (χ1n) is 5.98. The zero-order chi connectivity index (χ0) is 11.5. The molecule has 0 spiro atoms. The molecule has 1 heterocycles. The van der Waals surface area contributed by atoms with E-state index in [-0.39, 0.29) is 11.1 Å². The van der Waals surface area contributed by atoms with Crippen LogP contribution in [0.1, 0.15) is 53.9 Å². The lowest BCUT2D eigenvalue weighted by molar-refractivity contribution is 0.389. The molecular weight excluding hydrogens is 204 g/mol. The van der Waals surface area contributed by atoms with E-state index in [0.717, 1.165) is 30.2 Å². The van der Waals surface area contributed by atoms with Crippen LogP contribution in [-0.2, 0) is 0 Å². The van der Waals surface area contributed by atoms with Gasteiger partial charge in [0, 0.05) is 11.3 Å². The molecule has 0 saturated heterocycles. The quantitative estimate of drug-likeness (QED) is 0.797. The van der Waals surface area contributed by atoms with Crippen LogP contribution in [0.25, 0.3) is 0 Å². The Morgan fingerprint density at radius 3 is 2.40 bits per heavy atom. The lowest BCUT2D eigenvalue weighted by atomic mass is 9.96. The molecule has 0 fully saturated rings. The van der Waals surface area contributed by atoms with E-state index >= 15 is 0 Å². The molecule has 1 unspecified atom stereocenters. The van der Waals surface area contributed by atoms with Gasteiger partial charge >= 0.3 is 0 Å². The molecule has 0 aromatic carbocycles. The zero-order valence-corrected chi connectivity index (χ0v) is 11.5. The van der Waals surface area contributed by atoms with Crippen molar-refractivity contribution in [2.75, 3.05) is 5.75 Å². The molecule has 0 amide bonds. The fourth-order valence-electron chi connectivity index (χ4n) is 1.46. The first kappa shape index (κ1) is 12.9. The molecule has 1 aliphatic rings. The number of aliphatic imine (C=N–C) groups is 1. The van der Waals surface area contributed by atoms with E-state index in [0.29, 0.717) is 0 Å². The number of hydrogen-bond acceptors (Lipinski definition) is 3. The maximum Gasteiger partial charge on any atom is 0.157 e. The first-order chi connectivity index (χ1) is 6.97. The molecule has 0 saturated carbocycles. The van der Waals surface area contributed by atoms with Crippen LogP contribution in [0.15, 0.2) is 4.99 Å². The van der Waals surface area contributed by atoms with E-state index in [1.54, 1.807) is 0 Å². The summed E-state index contributed by atoms with van der Waals surface area (Å²) in [5.41, 5.74) is 0.375. The molecule has 0 bridgehead atoms. The Hall–Kier alpha value is -0.180. The molecule has 3 heteroatoms. The van der Waals surface area contributed by atoms with Gasteiger partial charge in [-0.1, -0.05) is 32.5 Å². The summed E-state index contributed by atoms with van der Waals surface area (Å²) in [5, 5.41) is 4.74. The van der Waals surface area contributed by atoms with Crippen molar-refractivity contribution >= 4 is 16.9 Å². The number of amidine groups is 1. The summed E-state index contributed by atoms with van der Waals surface area (Å²) in [4.78, 5) is 4.79. The van der Waals surface area contributed by atoms with Crippen molar-refractivity contribution < 1.29 is 0 Å². The maximum atomic E-state index is 4.79. The van der Waals surface area contributed by atoms with Crippen molar-refractivity contribution in [1.29, 1.82) is 0 Å². The summed E-state index contributed by atoms with van der Waals surface area (Å²) in [6, 6.07) is 0. The second-order valence-electron chi connectivity index (χ2n) is 4.95. The third-order valence-corrected chi connectivity index (χ3v) is 4.86. The predicted octanol–water partition coefficient (Wildman–Crippen LogP) is 3.43. The number of nitrogens with zero attached hydrogens (tertiary/aromatic N) is 1. The van der Waals surface area contributed by atoms with Gasteiger partial charge in [0.25, 0.3) is 0 Å². The van der Waals surface area contributed by atoms with Crippen LogP contribution in [0.3, 0.4) is 0 Å². The van der Waals surface area contributed by atoms with Gasteiger partial charge in [-0.15, -0.1) is 0 Å². The van der Waals surface area contributed by atoms with E-state index in [9.17, 15) is 0 Å². The average Bonchev–Trinajstić information content (AvgIpc) is 2.61. The van der Waals surface area contributed by atoms with Crippen LogP contribution < -0.4 is 5.32 Å². The SMILES string of the molecule is CCC1(C)CSC(NC(C)(CC)CC)=N1. The van der Waals surface area contributed by atoms with Gasteiger partial charge < -0.3 is 5.32 Å². The second-order valence-corrected chi connectivity index (χ2v) is 5.91. The van der Waals surface area contributed by atoms with Crippen molar-refractivity contribution in [2.45, 2.75) is 65.0 Å². The normalized spacial score (nSPS) is 26.6. The van der Waals surface area contributed by atoms with Gasteiger partial charge in [-0.25, -0.2) is 0 Å². The Labute approximate surface area is 98.3 Å². The van der Waals surface area contributed by atoms with Crippen LogP contribution in [0, 0.1) is 0 Å². The molecule has 2 nitrogen and oxygen atoms in total. The largest absolute Gasteiger partial charge is 0.360 e. The molecule has 0 aliphatic carbocycles. The summed E-state index contributed by atoms with van der Waals surface area (Å²) in [6.07, 6.45) is 3.41. The summed E-state index contributed by atoms with van der Waals surface area (Å²) in [6.45, 7) is 11.2. The van der Waals surface area contributed by atoms with Gasteiger partial charge in [0.05, 0.1) is 5.54 Å². The van der Waals surface area contributed by atoms with Crippen molar-refractivity contribution in [3.8, 4) is 0 Å². The van der Waals surface area contributed by atoms with E-state index < -0.39 is 0 Å². The molecule has 15 heavy (non-hydrogen) atoms. The fraction of sp³-hybridized carbons (Fsp3) is 0.917. The average molecular weight is 228 g/mol. The molecule has 1 aliphatic heterocycles. The van der Waals surface area contributed by atoms with Crippen LogP contribution in [0.2, 0.25) is 0 Å². The minimum atomic E-state index is 0.162. The van der Waals surface area contributed by atoms with Crippen LogP contribution in [0.4, 0.5) is 0 Å². The fourth-order valence-corrected chi connectivity index (χ4v) is 2.78. The predicted molar refractivity (Wildman–Crippen MR) is 70.7 cm³/mol. The molecule has 1 rings (SSSR count). The molecule has 88 valence electrons. The highest BCUT2D eigenvalue weighted by Crippen LogP contribution is 2.30. The Morgan fingerprint density at radius 1 is 1.40 bits per heavy atom. The topological polar surface area (TPSA) is 24.4 Å². The van der Waals surface area contributed by atoms with Gasteiger partial charge in [0.1, 0.15) is 0 Å². The van der Waals surface area contributed by atoms with Crippen LogP contribution in [-0.4, -0.2) is 22.0 Å². The van der Waals surface area contributed by atoms with Gasteiger partial charge in [-0.3, -0.25) is 4.99 Å². The number of thioether (sulfide) groups is 1. The third-order valence-electron chi connectivity index (χ3n) is 3.62. The van der Waals surface area contributed by atoms with E-state index in [4.69, 9.17) is 4.99 Å². The first-order valence-corrected chi connectivity index (χ1v) is 6.96. The number of hydrogen-bond donors (Lipinski definition) is 1. The molecule has 1 N–H and O–H groups in total. The van der Waals surface area contributed by atoms with Crippen molar-refractivity contribution in [3.63, 3.8) is 0 Å². The minimum Gasteiger partial charge on any atom is -0.360 e. The Balaban J connectivity index is 2.64. The second kappa shape index (κ2) is 4.77. The molecule has 0 aromatic heterocycles. The molecule has 1 atom stereocenters. The van der Waals surface area contributed by atoms with Crippen LogP contribution in [0.5, 0.6) is 0 Å². The summed E-state index contributed by atoms with van der Waals surface area (Å²) in [7, 11) is 0. The smallest absolute Gasteiger partial charge is 0.157 e. The van der Waals surface area contributed by atoms with Gasteiger partial charge in [0.2, 0.25) is 0 Å². The summed E-state index contributed by atoms with van der Waals surface area (Å²) < 4.78 is 0. The highest BCUT2D eigenvalue weighted by atomic mass is 32.2. The van der Waals surface area contributed by atoms with E-state index in [1.165, 1.54) is 0 Å². The molecule has 0 radical (unpaired) electrons. The summed E-state index contributed by atoms with van der Waals surface area (Å²) in [5.74, 6) is 1.12. The van der Waals surface area contributed by atoms with Crippen molar-refractivity contribution in [1.82, 2.24) is 5.32 Å². The van der Waals surface area contributed by atoms with Gasteiger partial charge in [-0.05, 0) is 33.1 Å². The monoisotopic (exact) mass is 228 g/mol. The number of nitrogens with one attached hydrogen (secondary N) is 1. The Bertz CT molecular complexity index is 246. The highest BCUT2D eigenvalue weighted by Gasteiger charge is 2.31. The van der Waals surface area contributed by atoms with Crippen molar-refractivity contribution in [2.24, 2.45) is 4.99 Å². The summed E-state index contributed by atoms with van der Waals surface area (Å²) >= 11 is 1.87. The van der Waals surface area contributed by atoms with Gasteiger partial charge in [-0.2, -0.15) is 0 Å². The van der Waals surface area contributed by atoms with E-state index in [1.807, 2.05) is 11.8 Å². The lowest BCUT2D eigenvalue weighted by Crippen LogP contribution is -2.43. The highest BCUT2D eigenvalue weighted by molar-refractivity contribution is 8.14. The van der Waals surface area contributed by atoms with Crippen molar-refractivity contribution in [3.05, 3.63) is 0 Å². The third kappa shape index (κ3) is 3.13. The minimum absolute atomic E-state index is 0.162. The lowest BCUT2D eigenvalue weighted by Gasteiger charge is -2.29.